The summed E-state index contributed by atoms with van der Waals surface area (Å²) in [5.41, 5.74) is 2.52. The van der Waals surface area contributed by atoms with Gasteiger partial charge in [0.05, 0.1) is 12.2 Å². The van der Waals surface area contributed by atoms with E-state index in [4.69, 9.17) is 9.72 Å². The molecule has 29 heavy (non-hydrogen) atoms. The molecule has 2 heterocycles. The molecule has 0 unspecified atom stereocenters. The van der Waals surface area contributed by atoms with E-state index in [1.54, 1.807) is 46.2 Å². The number of carbonyl (C=O) groups is 2. The van der Waals surface area contributed by atoms with Crippen molar-refractivity contribution in [2.75, 3.05) is 11.5 Å². The molecular weight excluding hydrogens is 386 g/mol. The fourth-order valence-corrected chi connectivity index (χ4v) is 4.60. The number of aromatic nitrogens is 2. The van der Waals surface area contributed by atoms with E-state index in [1.165, 1.54) is 4.88 Å². The Hall–Kier alpha value is -2.93. The second-order valence-corrected chi connectivity index (χ2v) is 8.18. The zero-order valence-corrected chi connectivity index (χ0v) is 17.2. The molecule has 6 nitrogen and oxygen atoms in total. The van der Waals surface area contributed by atoms with Crippen LogP contribution in [0.2, 0.25) is 0 Å². The van der Waals surface area contributed by atoms with Gasteiger partial charge in [-0.15, -0.1) is 11.3 Å². The first-order chi connectivity index (χ1) is 14.1. The lowest BCUT2D eigenvalue weighted by Gasteiger charge is -2.20. The molecule has 0 bridgehead atoms. The molecular formula is C22H23N3O3S. The summed E-state index contributed by atoms with van der Waals surface area (Å²) < 4.78 is 6.97. The SMILES string of the molecule is Cn1cccc1C(=O)OCC(=O)N(Cc1ccccc1)c1nc2c(s1)CCCC2. The molecule has 0 fully saturated rings. The summed E-state index contributed by atoms with van der Waals surface area (Å²) in [5.74, 6) is -0.786. The number of benzene rings is 1. The van der Waals surface area contributed by atoms with E-state index in [9.17, 15) is 9.59 Å². The van der Waals surface area contributed by atoms with Crippen LogP contribution in [0.5, 0.6) is 0 Å². The van der Waals surface area contributed by atoms with Crippen molar-refractivity contribution in [1.29, 1.82) is 0 Å². The number of fused-ring (bicyclic) bond motifs is 1. The molecule has 0 aliphatic heterocycles. The molecule has 0 radical (unpaired) electrons. The Morgan fingerprint density at radius 2 is 1.93 bits per heavy atom. The average Bonchev–Trinajstić information content (AvgIpc) is 3.36. The number of hydrogen-bond acceptors (Lipinski definition) is 5. The Morgan fingerprint density at radius 3 is 2.66 bits per heavy atom. The Bertz CT molecular complexity index is 986. The lowest BCUT2D eigenvalue weighted by Crippen LogP contribution is -2.34. The summed E-state index contributed by atoms with van der Waals surface area (Å²) in [5, 5.41) is 0.681. The van der Waals surface area contributed by atoms with E-state index in [2.05, 4.69) is 0 Å². The first-order valence-electron chi connectivity index (χ1n) is 9.73. The molecule has 3 aromatic rings. The Labute approximate surface area is 173 Å². The summed E-state index contributed by atoms with van der Waals surface area (Å²) >= 11 is 1.57. The topological polar surface area (TPSA) is 64.4 Å². The summed E-state index contributed by atoms with van der Waals surface area (Å²) in [6, 6.07) is 13.2. The number of anilines is 1. The quantitative estimate of drug-likeness (QED) is 0.582. The van der Waals surface area contributed by atoms with E-state index in [-0.39, 0.29) is 12.5 Å². The number of aryl methyl sites for hydroxylation is 3. The highest BCUT2D eigenvalue weighted by Crippen LogP contribution is 2.32. The highest BCUT2D eigenvalue weighted by molar-refractivity contribution is 7.15. The van der Waals surface area contributed by atoms with Crippen LogP contribution < -0.4 is 4.90 Å². The highest BCUT2D eigenvalue weighted by Gasteiger charge is 2.25. The third-order valence-corrected chi connectivity index (χ3v) is 6.21. The first kappa shape index (κ1) is 19.4. The summed E-state index contributed by atoms with van der Waals surface area (Å²) in [7, 11) is 1.76. The van der Waals surface area contributed by atoms with Gasteiger partial charge in [0.1, 0.15) is 5.69 Å². The van der Waals surface area contributed by atoms with Crippen LogP contribution >= 0.6 is 11.3 Å². The van der Waals surface area contributed by atoms with Crippen molar-refractivity contribution < 1.29 is 14.3 Å². The van der Waals surface area contributed by atoms with Crippen molar-refractivity contribution >= 4 is 28.3 Å². The number of carbonyl (C=O) groups excluding carboxylic acids is 2. The number of thiazole rings is 1. The van der Waals surface area contributed by atoms with Crippen molar-refractivity contribution in [1.82, 2.24) is 9.55 Å². The fourth-order valence-electron chi connectivity index (χ4n) is 3.43. The Kier molecular flexibility index (Phi) is 5.76. The molecule has 0 atom stereocenters. The summed E-state index contributed by atoms with van der Waals surface area (Å²) in [6.07, 6.45) is 6.04. The van der Waals surface area contributed by atoms with E-state index in [0.717, 1.165) is 36.9 Å². The second kappa shape index (κ2) is 8.61. The van der Waals surface area contributed by atoms with Crippen molar-refractivity contribution in [3.63, 3.8) is 0 Å². The number of hydrogen-bond donors (Lipinski definition) is 0. The molecule has 0 spiro atoms. The average molecular weight is 410 g/mol. The largest absolute Gasteiger partial charge is 0.451 e. The van der Waals surface area contributed by atoms with E-state index in [0.29, 0.717) is 17.4 Å². The number of amides is 1. The standard InChI is InChI=1S/C22H23N3O3S/c1-24-13-7-11-18(24)21(27)28-15-20(26)25(14-16-8-3-2-4-9-16)22-23-17-10-5-6-12-19(17)29-22/h2-4,7-9,11,13H,5-6,10,12,14-15H2,1H3. The zero-order valence-electron chi connectivity index (χ0n) is 16.3. The molecule has 7 heteroatoms. The van der Waals surface area contributed by atoms with Crippen molar-refractivity contribution in [2.24, 2.45) is 7.05 Å². The number of ether oxygens (including phenoxy) is 1. The van der Waals surface area contributed by atoms with Gasteiger partial charge in [-0.2, -0.15) is 0 Å². The van der Waals surface area contributed by atoms with Gasteiger partial charge >= 0.3 is 5.97 Å². The van der Waals surface area contributed by atoms with Crippen LogP contribution in [0.25, 0.3) is 0 Å². The van der Waals surface area contributed by atoms with Crippen LogP contribution in [0.3, 0.4) is 0 Å². The van der Waals surface area contributed by atoms with Crippen LogP contribution in [0, 0.1) is 0 Å². The number of nitrogens with zero attached hydrogens (tertiary/aromatic N) is 3. The van der Waals surface area contributed by atoms with Gasteiger partial charge < -0.3 is 9.30 Å². The van der Waals surface area contributed by atoms with Crippen molar-refractivity contribution in [3.8, 4) is 0 Å². The van der Waals surface area contributed by atoms with Crippen molar-refractivity contribution in [3.05, 3.63) is 70.5 Å². The maximum atomic E-state index is 13.0. The zero-order chi connectivity index (χ0) is 20.2. The normalized spacial score (nSPS) is 13.0. The van der Waals surface area contributed by atoms with E-state index >= 15 is 0 Å². The molecule has 1 amide bonds. The molecule has 1 aliphatic rings. The number of esters is 1. The number of rotatable bonds is 6. The van der Waals surface area contributed by atoms with E-state index in [1.807, 2.05) is 30.3 Å². The molecule has 4 rings (SSSR count). The summed E-state index contributed by atoms with van der Waals surface area (Å²) in [4.78, 5) is 32.9. The van der Waals surface area contributed by atoms with Gasteiger partial charge in [0.2, 0.25) is 0 Å². The predicted octanol–water partition coefficient (Wildman–Crippen LogP) is 3.75. The van der Waals surface area contributed by atoms with Gasteiger partial charge in [-0.3, -0.25) is 9.69 Å². The molecule has 0 saturated heterocycles. The molecule has 1 aromatic carbocycles. The first-order valence-corrected chi connectivity index (χ1v) is 10.5. The van der Waals surface area contributed by atoms with Gasteiger partial charge in [-0.05, 0) is 43.4 Å². The minimum Gasteiger partial charge on any atom is -0.451 e. The molecule has 2 aromatic heterocycles. The van der Waals surface area contributed by atoms with E-state index < -0.39 is 5.97 Å². The minimum atomic E-state index is -0.510. The van der Waals surface area contributed by atoms with Gasteiger partial charge in [0, 0.05) is 18.1 Å². The lowest BCUT2D eigenvalue weighted by atomic mass is 10.0. The molecule has 0 N–H and O–H groups in total. The summed E-state index contributed by atoms with van der Waals surface area (Å²) in [6.45, 7) is 0.0782. The Balaban J connectivity index is 1.52. The maximum absolute atomic E-state index is 13.0. The van der Waals surface area contributed by atoms with Crippen LogP contribution in [0.4, 0.5) is 5.13 Å². The smallest absolute Gasteiger partial charge is 0.355 e. The van der Waals surface area contributed by atoms with Gasteiger partial charge in [-0.25, -0.2) is 9.78 Å². The van der Waals surface area contributed by atoms with Crippen LogP contribution in [-0.4, -0.2) is 28.0 Å². The third kappa shape index (κ3) is 4.40. The monoisotopic (exact) mass is 409 g/mol. The molecule has 0 saturated carbocycles. The predicted molar refractivity (Wildman–Crippen MR) is 112 cm³/mol. The molecule has 150 valence electrons. The fraction of sp³-hybridized carbons (Fsp3) is 0.318. The van der Waals surface area contributed by atoms with Crippen LogP contribution in [0.1, 0.15) is 39.5 Å². The van der Waals surface area contributed by atoms with Crippen LogP contribution in [0.15, 0.2) is 48.7 Å². The van der Waals surface area contributed by atoms with Gasteiger partial charge in [0.25, 0.3) is 5.91 Å². The lowest BCUT2D eigenvalue weighted by molar-refractivity contribution is -0.121. The van der Waals surface area contributed by atoms with Crippen LogP contribution in [-0.2, 0) is 36.0 Å². The maximum Gasteiger partial charge on any atom is 0.355 e. The third-order valence-electron chi connectivity index (χ3n) is 5.03. The Morgan fingerprint density at radius 1 is 1.14 bits per heavy atom. The highest BCUT2D eigenvalue weighted by atomic mass is 32.1. The van der Waals surface area contributed by atoms with Crippen molar-refractivity contribution in [2.45, 2.75) is 32.2 Å². The van der Waals surface area contributed by atoms with Gasteiger partial charge in [-0.1, -0.05) is 30.3 Å². The second-order valence-electron chi connectivity index (χ2n) is 7.12. The minimum absolute atomic E-state index is 0.275. The molecule has 1 aliphatic carbocycles. The van der Waals surface area contributed by atoms with Gasteiger partial charge in [0.15, 0.2) is 11.7 Å².